The molecule has 1 atom stereocenters. The average Bonchev–Trinajstić information content (AvgIpc) is 1.84. The predicted molar refractivity (Wildman–Crippen MR) is 29.5 cm³/mol. The molecule has 0 rings (SSSR count). The maximum Gasteiger partial charge on any atom is 1.00 e. The van der Waals surface area contributed by atoms with E-state index >= 15 is 0 Å². The van der Waals surface area contributed by atoms with Crippen LogP contribution in [0.15, 0.2) is 0 Å². The van der Waals surface area contributed by atoms with E-state index in [9.17, 15) is 14.7 Å². The van der Waals surface area contributed by atoms with Gasteiger partial charge in [0.1, 0.15) is 5.97 Å². The predicted octanol–water partition coefficient (Wildman–Crippen LogP) is -3.64. The first kappa shape index (κ1) is 12.8. The molecule has 0 radical (unpaired) electrons. The zero-order chi connectivity index (χ0) is 7.44. The third-order valence-electron chi connectivity index (χ3n) is 1.26. The second kappa shape index (κ2) is 5.89. The van der Waals surface area contributed by atoms with E-state index in [-0.39, 0.29) is 29.6 Å². The Hall–Kier alpha value is 0.140. The standard InChI is InChI=1S/C6H10O3.Na/c1-3-4(2)5(7)6(8)9;/h4H,3H2,1-2H3,(H,8,9);/q;+1/p-1/t4-;/m1./s1. The summed E-state index contributed by atoms with van der Waals surface area (Å²) in [6.07, 6.45) is 0.548. The zero-order valence-electron chi connectivity index (χ0n) is 6.51. The average molecular weight is 152 g/mol. The molecule has 0 aromatic heterocycles. The molecule has 0 aromatic carbocycles. The summed E-state index contributed by atoms with van der Waals surface area (Å²) in [4.78, 5) is 20.3. The fraction of sp³-hybridized carbons (Fsp3) is 0.667. The van der Waals surface area contributed by atoms with Crippen molar-refractivity contribution in [1.29, 1.82) is 0 Å². The molecule has 0 saturated carbocycles. The van der Waals surface area contributed by atoms with E-state index < -0.39 is 17.7 Å². The molecule has 3 nitrogen and oxygen atoms in total. The molecule has 0 heterocycles. The van der Waals surface area contributed by atoms with Gasteiger partial charge in [0, 0.05) is 5.92 Å². The van der Waals surface area contributed by atoms with Crippen molar-refractivity contribution in [3.8, 4) is 0 Å². The second-order valence-electron chi connectivity index (χ2n) is 1.96. The van der Waals surface area contributed by atoms with Crippen LogP contribution in [0.25, 0.3) is 0 Å². The van der Waals surface area contributed by atoms with Gasteiger partial charge in [0.05, 0.1) is 0 Å². The number of carbonyl (C=O) groups is 2. The summed E-state index contributed by atoms with van der Waals surface area (Å²) in [5.74, 6) is -2.79. The van der Waals surface area contributed by atoms with Gasteiger partial charge >= 0.3 is 29.6 Å². The minimum Gasteiger partial charge on any atom is -0.542 e. The minimum atomic E-state index is -1.58. The first-order chi connectivity index (χ1) is 4.09. The molecule has 0 unspecified atom stereocenters. The van der Waals surface area contributed by atoms with Crippen LogP contribution in [-0.2, 0) is 9.59 Å². The van der Waals surface area contributed by atoms with Crippen molar-refractivity contribution >= 4 is 11.8 Å². The molecule has 0 aliphatic carbocycles. The van der Waals surface area contributed by atoms with Gasteiger partial charge in [0.15, 0.2) is 5.78 Å². The number of ketones is 1. The number of carboxylic acids is 1. The van der Waals surface area contributed by atoms with Crippen LogP contribution in [0.1, 0.15) is 20.3 Å². The van der Waals surface area contributed by atoms with E-state index in [1.165, 1.54) is 0 Å². The smallest absolute Gasteiger partial charge is 0.542 e. The largest absolute Gasteiger partial charge is 1.00 e. The van der Waals surface area contributed by atoms with E-state index in [1.807, 2.05) is 0 Å². The Balaban J connectivity index is 0. The van der Waals surface area contributed by atoms with Gasteiger partial charge in [-0.1, -0.05) is 13.8 Å². The number of carboxylic acid groups (broad SMARTS) is 1. The summed E-state index contributed by atoms with van der Waals surface area (Å²) >= 11 is 0. The maximum atomic E-state index is 10.4. The Bertz CT molecular complexity index is 133. The van der Waals surface area contributed by atoms with Crippen molar-refractivity contribution in [2.24, 2.45) is 5.92 Å². The van der Waals surface area contributed by atoms with Gasteiger partial charge < -0.3 is 9.90 Å². The number of hydrogen-bond donors (Lipinski definition) is 0. The second-order valence-corrected chi connectivity index (χ2v) is 1.96. The molecule has 0 spiro atoms. The van der Waals surface area contributed by atoms with Gasteiger partial charge in [-0.3, -0.25) is 4.79 Å². The topological polar surface area (TPSA) is 57.2 Å². The van der Waals surface area contributed by atoms with Crippen molar-refractivity contribution in [3.63, 3.8) is 0 Å². The molecule has 52 valence electrons. The van der Waals surface area contributed by atoms with Gasteiger partial charge in [-0.2, -0.15) is 0 Å². The monoisotopic (exact) mass is 152 g/mol. The van der Waals surface area contributed by atoms with Crippen LogP contribution in [-0.4, -0.2) is 11.8 Å². The maximum absolute atomic E-state index is 10.4. The Morgan fingerprint density at radius 1 is 1.50 bits per heavy atom. The zero-order valence-corrected chi connectivity index (χ0v) is 8.51. The van der Waals surface area contributed by atoms with Crippen LogP contribution in [0, 0.1) is 5.92 Å². The number of carbonyl (C=O) groups excluding carboxylic acids is 2. The quantitative estimate of drug-likeness (QED) is 0.309. The first-order valence-corrected chi connectivity index (χ1v) is 2.84. The minimum absolute atomic E-state index is 0. The first-order valence-electron chi connectivity index (χ1n) is 2.84. The Morgan fingerprint density at radius 2 is 1.90 bits per heavy atom. The molecule has 0 saturated heterocycles. The van der Waals surface area contributed by atoms with Crippen molar-refractivity contribution in [1.82, 2.24) is 0 Å². The van der Waals surface area contributed by atoms with Crippen LogP contribution in [0.3, 0.4) is 0 Å². The normalized spacial score (nSPS) is 11.4. The molecular formula is C6H9NaO3. The number of Topliss-reactive ketones (excluding diaryl/α,β-unsaturated/α-hetero) is 1. The Morgan fingerprint density at radius 3 is 2.00 bits per heavy atom. The molecule has 4 heteroatoms. The number of hydrogen-bond acceptors (Lipinski definition) is 3. The molecule has 0 fully saturated rings. The van der Waals surface area contributed by atoms with Gasteiger partial charge in [-0.25, -0.2) is 0 Å². The van der Waals surface area contributed by atoms with Crippen LogP contribution in [0.4, 0.5) is 0 Å². The molecule has 0 amide bonds. The summed E-state index contributed by atoms with van der Waals surface area (Å²) in [5.41, 5.74) is 0. The summed E-state index contributed by atoms with van der Waals surface area (Å²) in [6, 6.07) is 0. The third-order valence-corrected chi connectivity index (χ3v) is 1.26. The molecule has 0 N–H and O–H groups in total. The van der Waals surface area contributed by atoms with Crippen LogP contribution < -0.4 is 34.7 Å². The van der Waals surface area contributed by atoms with Crippen molar-refractivity contribution in [2.45, 2.75) is 20.3 Å². The molecule has 0 aliphatic heterocycles. The molecular weight excluding hydrogens is 143 g/mol. The number of rotatable bonds is 3. The third kappa shape index (κ3) is 4.04. The fourth-order valence-electron chi connectivity index (χ4n) is 0.387. The van der Waals surface area contributed by atoms with E-state index in [0.29, 0.717) is 6.42 Å². The Kier molecular flexibility index (Phi) is 7.53. The summed E-state index contributed by atoms with van der Waals surface area (Å²) < 4.78 is 0. The van der Waals surface area contributed by atoms with Crippen molar-refractivity contribution < 1.29 is 44.3 Å². The van der Waals surface area contributed by atoms with Gasteiger partial charge in [-0.15, -0.1) is 0 Å². The van der Waals surface area contributed by atoms with Gasteiger partial charge in [-0.05, 0) is 6.42 Å². The van der Waals surface area contributed by atoms with Crippen molar-refractivity contribution in [3.05, 3.63) is 0 Å². The van der Waals surface area contributed by atoms with E-state index in [4.69, 9.17) is 0 Å². The van der Waals surface area contributed by atoms with Gasteiger partial charge in [0.25, 0.3) is 0 Å². The molecule has 0 aromatic rings. The summed E-state index contributed by atoms with van der Waals surface area (Å²) in [5, 5.41) is 9.84. The van der Waals surface area contributed by atoms with E-state index in [1.54, 1.807) is 13.8 Å². The molecule has 0 aliphatic rings. The summed E-state index contributed by atoms with van der Waals surface area (Å²) in [6.45, 7) is 3.32. The van der Waals surface area contributed by atoms with Crippen LogP contribution in [0.2, 0.25) is 0 Å². The van der Waals surface area contributed by atoms with Gasteiger partial charge in [0.2, 0.25) is 0 Å². The summed E-state index contributed by atoms with van der Waals surface area (Å²) in [7, 11) is 0. The van der Waals surface area contributed by atoms with Crippen LogP contribution in [0.5, 0.6) is 0 Å². The Labute approximate surface area is 82.1 Å². The molecule has 10 heavy (non-hydrogen) atoms. The van der Waals surface area contributed by atoms with E-state index in [2.05, 4.69) is 0 Å². The van der Waals surface area contributed by atoms with Crippen LogP contribution >= 0.6 is 0 Å². The number of aliphatic carboxylic acids is 1. The molecule has 0 bridgehead atoms. The SMILES string of the molecule is CC[C@@H](C)C(=O)C(=O)[O-].[Na+]. The van der Waals surface area contributed by atoms with E-state index in [0.717, 1.165) is 0 Å². The fourth-order valence-corrected chi connectivity index (χ4v) is 0.387. The van der Waals surface area contributed by atoms with Crippen molar-refractivity contribution in [2.75, 3.05) is 0 Å².